The summed E-state index contributed by atoms with van der Waals surface area (Å²) in [6.45, 7) is 4.74. The Hall–Kier alpha value is -1.02. The van der Waals surface area contributed by atoms with Crippen molar-refractivity contribution in [2.45, 2.75) is 45.1 Å². The summed E-state index contributed by atoms with van der Waals surface area (Å²) in [5.74, 6) is 1.03. The average molecular weight is 220 g/mol. The molecule has 0 aromatic heterocycles. The van der Waals surface area contributed by atoms with Crippen molar-refractivity contribution < 1.29 is 9.84 Å². The van der Waals surface area contributed by atoms with Gasteiger partial charge in [-0.05, 0) is 43.4 Å². The molecule has 0 amide bonds. The predicted molar refractivity (Wildman–Crippen MR) is 64.9 cm³/mol. The zero-order valence-electron chi connectivity index (χ0n) is 10.1. The van der Waals surface area contributed by atoms with Crippen LogP contribution < -0.4 is 4.74 Å². The summed E-state index contributed by atoms with van der Waals surface area (Å²) in [4.78, 5) is 0. The fourth-order valence-corrected chi connectivity index (χ4v) is 1.99. The van der Waals surface area contributed by atoms with Gasteiger partial charge in [0.25, 0.3) is 0 Å². The summed E-state index contributed by atoms with van der Waals surface area (Å²) in [6.07, 6.45) is 3.59. The molecule has 1 aromatic rings. The second-order valence-electron chi connectivity index (χ2n) is 4.89. The Morgan fingerprint density at radius 1 is 1.44 bits per heavy atom. The maximum atomic E-state index is 9.95. The van der Waals surface area contributed by atoms with E-state index in [0.29, 0.717) is 0 Å². The van der Waals surface area contributed by atoms with Crippen molar-refractivity contribution in [2.75, 3.05) is 6.61 Å². The molecule has 0 fully saturated rings. The lowest BCUT2D eigenvalue weighted by atomic mass is 9.94. The third kappa shape index (κ3) is 2.56. The average Bonchev–Trinajstić information content (AvgIpc) is 2.73. The molecule has 1 aromatic carbocycles. The summed E-state index contributed by atoms with van der Waals surface area (Å²) in [5.41, 5.74) is 2.09. The van der Waals surface area contributed by atoms with Crippen molar-refractivity contribution in [3.05, 3.63) is 29.3 Å². The molecule has 1 atom stereocenters. The molecule has 0 spiro atoms. The Morgan fingerprint density at radius 3 is 3.00 bits per heavy atom. The first-order valence-corrected chi connectivity index (χ1v) is 6.08. The van der Waals surface area contributed by atoms with Gasteiger partial charge in [-0.1, -0.05) is 19.1 Å². The van der Waals surface area contributed by atoms with Gasteiger partial charge in [-0.2, -0.15) is 0 Å². The number of fused-ring (bicyclic) bond motifs is 1. The first-order valence-electron chi connectivity index (χ1n) is 6.08. The van der Waals surface area contributed by atoms with Gasteiger partial charge in [-0.3, -0.25) is 0 Å². The highest BCUT2D eigenvalue weighted by Gasteiger charge is 2.18. The lowest BCUT2D eigenvalue weighted by Crippen LogP contribution is -2.23. The minimum atomic E-state index is -0.532. The minimum Gasteiger partial charge on any atom is -0.493 e. The third-order valence-electron chi connectivity index (χ3n) is 3.47. The summed E-state index contributed by atoms with van der Waals surface area (Å²) < 4.78 is 5.47. The molecule has 16 heavy (non-hydrogen) atoms. The van der Waals surface area contributed by atoms with Crippen molar-refractivity contribution in [1.82, 2.24) is 0 Å². The zero-order chi connectivity index (χ0) is 11.6. The summed E-state index contributed by atoms with van der Waals surface area (Å²) in [5, 5.41) is 9.95. The second kappa shape index (κ2) is 4.46. The van der Waals surface area contributed by atoms with Gasteiger partial charge in [0.2, 0.25) is 0 Å². The topological polar surface area (TPSA) is 29.5 Å². The number of aryl methyl sites for hydroxylation is 1. The number of hydrogen-bond donors (Lipinski definition) is 1. The zero-order valence-corrected chi connectivity index (χ0v) is 10.1. The van der Waals surface area contributed by atoms with Gasteiger partial charge in [0, 0.05) is 6.42 Å². The lowest BCUT2D eigenvalue weighted by Gasteiger charge is -2.21. The first-order chi connectivity index (χ1) is 7.61. The largest absolute Gasteiger partial charge is 0.493 e. The summed E-state index contributed by atoms with van der Waals surface area (Å²) in [6, 6.07) is 6.38. The van der Waals surface area contributed by atoms with Gasteiger partial charge < -0.3 is 9.84 Å². The molecule has 2 rings (SSSR count). The molecule has 2 heteroatoms. The molecule has 88 valence electrons. The van der Waals surface area contributed by atoms with Crippen LogP contribution in [0.25, 0.3) is 0 Å². The van der Waals surface area contributed by atoms with Gasteiger partial charge in [0.05, 0.1) is 12.2 Å². The van der Waals surface area contributed by atoms with Gasteiger partial charge in [0.15, 0.2) is 0 Å². The van der Waals surface area contributed by atoms with Crippen molar-refractivity contribution in [3.8, 4) is 5.75 Å². The molecule has 0 aliphatic carbocycles. The molecule has 0 saturated carbocycles. The predicted octanol–water partition coefficient (Wildman–Crippen LogP) is 2.72. The minimum absolute atomic E-state index is 0.532. The number of ether oxygens (including phenoxy) is 1. The number of benzene rings is 1. The molecule has 1 heterocycles. The Labute approximate surface area is 97.3 Å². The number of aliphatic hydroxyl groups is 1. The van der Waals surface area contributed by atoms with Crippen LogP contribution in [0.3, 0.4) is 0 Å². The highest BCUT2D eigenvalue weighted by molar-refractivity contribution is 5.39. The van der Waals surface area contributed by atoms with Crippen LogP contribution in [0.2, 0.25) is 0 Å². The Morgan fingerprint density at radius 2 is 2.25 bits per heavy atom. The molecule has 1 aliphatic heterocycles. The van der Waals surface area contributed by atoms with E-state index in [2.05, 4.69) is 18.2 Å². The normalized spacial score (nSPS) is 17.7. The van der Waals surface area contributed by atoms with E-state index in [0.717, 1.165) is 38.0 Å². The van der Waals surface area contributed by atoms with E-state index in [1.165, 1.54) is 11.1 Å². The van der Waals surface area contributed by atoms with Crippen LogP contribution in [0.1, 0.15) is 37.8 Å². The quantitative estimate of drug-likeness (QED) is 0.845. The van der Waals surface area contributed by atoms with Crippen LogP contribution >= 0.6 is 0 Å². The maximum absolute atomic E-state index is 9.95. The Balaban J connectivity index is 2.00. The highest BCUT2D eigenvalue weighted by atomic mass is 16.5. The Kier molecular flexibility index (Phi) is 3.20. The molecule has 1 aliphatic rings. The van der Waals surface area contributed by atoms with Crippen LogP contribution in [-0.4, -0.2) is 17.3 Å². The van der Waals surface area contributed by atoms with E-state index >= 15 is 0 Å². The van der Waals surface area contributed by atoms with E-state index in [-0.39, 0.29) is 0 Å². The molecule has 0 radical (unpaired) electrons. The van der Waals surface area contributed by atoms with Crippen molar-refractivity contribution in [3.63, 3.8) is 0 Å². The maximum Gasteiger partial charge on any atom is 0.122 e. The van der Waals surface area contributed by atoms with E-state index in [1.807, 2.05) is 13.8 Å². The Bertz CT molecular complexity index is 369. The third-order valence-corrected chi connectivity index (χ3v) is 3.47. The molecular weight excluding hydrogens is 200 g/mol. The van der Waals surface area contributed by atoms with Crippen LogP contribution in [0.4, 0.5) is 0 Å². The van der Waals surface area contributed by atoms with E-state index in [4.69, 9.17) is 4.74 Å². The highest BCUT2D eigenvalue weighted by Crippen LogP contribution is 2.27. The van der Waals surface area contributed by atoms with Gasteiger partial charge in [0.1, 0.15) is 5.75 Å². The second-order valence-corrected chi connectivity index (χ2v) is 4.89. The van der Waals surface area contributed by atoms with E-state index in [9.17, 15) is 5.11 Å². The van der Waals surface area contributed by atoms with E-state index in [1.54, 1.807) is 0 Å². The lowest BCUT2D eigenvalue weighted by molar-refractivity contribution is 0.0473. The van der Waals surface area contributed by atoms with Crippen LogP contribution in [0, 0.1) is 0 Å². The van der Waals surface area contributed by atoms with Gasteiger partial charge in [-0.15, -0.1) is 0 Å². The van der Waals surface area contributed by atoms with E-state index < -0.39 is 5.60 Å². The fourth-order valence-electron chi connectivity index (χ4n) is 1.99. The summed E-state index contributed by atoms with van der Waals surface area (Å²) >= 11 is 0. The molecule has 0 saturated heterocycles. The number of hydrogen-bond acceptors (Lipinski definition) is 2. The summed E-state index contributed by atoms with van der Waals surface area (Å²) in [7, 11) is 0. The molecule has 0 bridgehead atoms. The van der Waals surface area contributed by atoms with Crippen molar-refractivity contribution in [2.24, 2.45) is 0 Å². The first kappa shape index (κ1) is 11.5. The van der Waals surface area contributed by atoms with Crippen molar-refractivity contribution in [1.29, 1.82) is 0 Å². The SMILES string of the molecule is CCC(C)(O)CCc1ccc2c(c1)CCO2. The van der Waals surface area contributed by atoms with Crippen LogP contribution in [0.5, 0.6) is 5.75 Å². The van der Waals surface area contributed by atoms with Crippen LogP contribution in [0.15, 0.2) is 18.2 Å². The fraction of sp³-hybridized carbons (Fsp3) is 0.571. The smallest absolute Gasteiger partial charge is 0.122 e. The van der Waals surface area contributed by atoms with Gasteiger partial charge >= 0.3 is 0 Å². The molecular formula is C14H20O2. The molecule has 1 N–H and O–H groups in total. The van der Waals surface area contributed by atoms with Gasteiger partial charge in [-0.25, -0.2) is 0 Å². The number of rotatable bonds is 4. The van der Waals surface area contributed by atoms with Crippen LogP contribution in [-0.2, 0) is 12.8 Å². The molecule has 1 unspecified atom stereocenters. The van der Waals surface area contributed by atoms with Crippen molar-refractivity contribution >= 4 is 0 Å². The monoisotopic (exact) mass is 220 g/mol. The standard InChI is InChI=1S/C14H20O2/c1-3-14(2,15)8-6-11-4-5-13-12(10-11)7-9-16-13/h4-5,10,15H,3,6-9H2,1-2H3. The molecule has 2 nitrogen and oxygen atoms in total.